The van der Waals surface area contributed by atoms with E-state index in [4.69, 9.17) is 4.74 Å². The summed E-state index contributed by atoms with van der Waals surface area (Å²) >= 11 is 0. The monoisotopic (exact) mass is 465 g/mol. The summed E-state index contributed by atoms with van der Waals surface area (Å²) < 4.78 is 31.7. The second-order valence-corrected chi connectivity index (χ2v) is 9.11. The van der Waals surface area contributed by atoms with Crippen molar-refractivity contribution in [1.29, 1.82) is 0 Å². The van der Waals surface area contributed by atoms with Crippen molar-refractivity contribution >= 4 is 0 Å². The molecule has 4 nitrogen and oxygen atoms in total. The van der Waals surface area contributed by atoms with E-state index in [1.807, 2.05) is 25.4 Å². The summed E-state index contributed by atoms with van der Waals surface area (Å²) in [4.78, 5) is 2.43. The molecule has 2 aliphatic rings. The maximum Gasteiger partial charge on any atom is 0.255 e. The largest absolute Gasteiger partial charge is 0.493 e. The zero-order valence-corrected chi connectivity index (χ0v) is 19.7. The van der Waals surface area contributed by atoms with Gasteiger partial charge in [-0.25, -0.2) is 8.78 Å². The fraction of sp³-hybridized carbons (Fsp3) is 0.357. The topological polar surface area (TPSA) is 36.5 Å². The first kappa shape index (κ1) is 24.0. The fourth-order valence-electron chi connectivity index (χ4n) is 4.22. The van der Waals surface area contributed by atoms with E-state index >= 15 is 0 Å². The lowest BCUT2D eigenvalue weighted by molar-refractivity contribution is 0.0856. The first-order valence-corrected chi connectivity index (χ1v) is 11.7. The first-order chi connectivity index (χ1) is 16.4. The third kappa shape index (κ3) is 6.06. The molecule has 2 aromatic rings. The molecule has 4 rings (SSSR count). The average Bonchev–Trinajstić information content (AvgIpc) is 3.46. The summed E-state index contributed by atoms with van der Waals surface area (Å²) in [5.41, 5.74) is 6.77. The molecule has 1 fully saturated rings. The van der Waals surface area contributed by atoms with Gasteiger partial charge in [0.2, 0.25) is 0 Å². The van der Waals surface area contributed by atoms with Gasteiger partial charge in [-0.1, -0.05) is 49.6 Å². The summed E-state index contributed by atoms with van der Waals surface area (Å²) in [6.07, 6.45) is 4.52. The highest BCUT2D eigenvalue weighted by molar-refractivity contribution is 5.38. The maximum atomic E-state index is 13.1. The van der Waals surface area contributed by atoms with Crippen LogP contribution < -0.4 is 15.4 Å². The predicted molar refractivity (Wildman–Crippen MR) is 133 cm³/mol. The molecule has 1 saturated carbocycles. The molecule has 1 heterocycles. The third-order valence-electron chi connectivity index (χ3n) is 6.48. The number of fused-ring (bicyclic) bond motifs is 1. The average molecular weight is 466 g/mol. The lowest BCUT2D eigenvalue weighted by Crippen LogP contribution is -2.30. The fourth-order valence-corrected chi connectivity index (χ4v) is 4.22. The van der Waals surface area contributed by atoms with Crippen molar-refractivity contribution in [3.8, 4) is 5.75 Å². The van der Waals surface area contributed by atoms with E-state index in [0.717, 1.165) is 37.3 Å². The number of rotatable bonds is 11. The van der Waals surface area contributed by atoms with Crippen LogP contribution in [0.3, 0.4) is 0 Å². The van der Waals surface area contributed by atoms with Crippen molar-refractivity contribution in [1.82, 2.24) is 15.5 Å². The number of nitrogens with zero attached hydrogens (tertiary/aromatic N) is 1. The van der Waals surface area contributed by atoms with Crippen LogP contribution in [0.4, 0.5) is 8.78 Å². The molecule has 0 aromatic heterocycles. The van der Waals surface area contributed by atoms with Crippen LogP contribution in [0.15, 0.2) is 79.2 Å². The van der Waals surface area contributed by atoms with Gasteiger partial charge >= 0.3 is 0 Å². The van der Waals surface area contributed by atoms with Gasteiger partial charge in [-0.3, -0.25) is 4.90 Å². The minimum absolute atomic E-state index is 0.0516. The molecule has 0 spiro atoms. The van der Waals surface area contributed by atoms with Gasteiger partial charge in [-0.2, -0.15) is 0 Å². The van der Waals surface area contributed by atoms with E-state index in [0.29, 0.717) is 12.3 Å². The number of ether oxygens (including phenoxy) is 1. The standard InChI is InChI=1S/C28H33F2N3O/c1-4-23(16-31-3)20(2)32-15-21-5-7-22(8-6-21)17-33-12-11-24-13-27(10-9-25(24)18-33)34-19-26-14-28(26,29)30/h4-10,13,16,26,31-32H,1-2,11-12,14-15,17-19H2,3H3/b23-16+. The maximum absolute atomic E-state index is 13.1. The molecule has 1 aliphatic heterocycles. The highest BCUT2D eigenvalue weighted by Gasteiger charge is 2.57. The third-order valence-corrected chi connectivity index (χ3v) is 6.48. The highest BCUT2D eigenvalue weighted by Crippen LogP contribution is 2.48. The van der Waals surface area contributed by atoms with Crippen molar-refractivity contribution in [3.05, 3.63) is 101 Å². The number of nitrogens with one attached hydrogen (secondary N) is 2. The van der Waals surface area contributed by atoms with Gasteiger partial charge in [-0.15, -0.1) is 0 Å². The van der Waals surface area contributed by atoms with Crippen LogP contribution in [-0.4, -0.2) is 31.0 Å². The van der Waals surface area contributed by atoms with Crippen LogP contribution in [0, 0.1) is 5.92 Å². The van der Waals surface area contributed by atoms with Crippen molar-refractivity contribution in [2.75, 3.05) is 20.2 Å². The predicted octanol–water partition coefficient (Wildman–Crippen LogP) is 5.17. The Labute approximate surface area is 201 Å². The number of alkyl halides is 2. The smallest absolute Gasteiger partial charge is 0.255 e. The van der Waals surface area contributed by atoms with Crippen molar-refractivity contribution < 1.29 is 13.5 Å². The summed E-state index contributed by atoms with van der Waals surface area (Å²) in [5.74, 6) is -2.46. The normalized spacial score (nSPS) is 19.1. The first-order valence-electron chi connectivity index (χ1n) is 11.7. The Hall–Kier alpha value is -3.12. The van der Waals surface area contributed by atoms with Crippen molar-refractivity contribution in [3.63, 3.8) is 0 Å². The molecule has 34 heavy (non-hydrogen) atoms. The Kier molecular flexibility index (Phi) is 7.37. The molecule has 0 saturated heterocycles. The molecule has 180 valence electrons. The second-order valence-electron chi connectivity index (χ2n) is 9.11. The lowest BCUT2D eigenvalue weighted by Gasteiger charge is -2.29. The van der Waals surface area contributed by atoms with Gasteiger partial charge in [0, 0.05) is 57.1 Å². The van der Waals surface area contributed by atoms with E-state index in [1.165, 1.54) is 22.3 Å². The molecule has 0 radical (unpaired) electrons. The van der Waals surface area contributed by atoms with Gasteiger partial charge in [0.05, 0.1) is 12.5 Å². The van der Waals surface area contributed by atoms with Crippen LogP contribution in [-0.2, 0) is 26.1 Å². The summed E-state index contributed by atoms with van der Waals surface area (Å²) in [5, 5.41) is 6.34. The van der Waals surface area contributed by atoms with Gasteiger partial charge in [0.15, 0.2) is 0 Å². The zero-order chi connectivity index (χ0) is 24.1. The minimum atomic E-state index is -2.53. The Bertz CT molecular complexity index is 1060. The quantitative estimate of drug-likeness (QED) is 0.449. The highest BCUT2D eigenvalue weighted by atomic mass is 19.3. The van der Waals surface area contributed by atoms with Crippen molar-refractivity contribution in [2.45, 2.75) is 38.4 Å². The Morgan fingerprint density at radius 1 is 1.18 bits per heavy atom. The second kappa shape index (κ2) is 10.4. The molecular formula is C28H33F2N3O. The van der Waals surface area contributed by atoms with Crippen LogP contribution in [0.1, 0.15) is 28.7 Å². The lowest BCUT2D eigenvalue weighted by atomic mass is 9.99. The molecule has 2 N–H and O–H groups in total. The van der Waals surface area contributed by atoms with E-state index < -0.39 is 11.8 Å². The zero-order valence-electron chi connectivity index (χ0n) is 19.7. The molecular weight excluding hydrogens is 432 g/mol. The van der Waals surface area contributed by atoms with E-state index in [2.05, 4.69) is 59.0 Å². The van der Waals surface area contributed by atoms with E-state index in [-0.39, 0.29) is 13.0 Å². The SMILES string of the molecule is C=C/C(=C\NC)C(=C)NCc1ccc(CN2CCc3cc(OCC4CC4(F)F)ccc3C2)cc1. The summed E-state index contributed by atoms with van der Waals surface area (Å²) in [7, 11) is 1.85. The number of hydrogen-bond acceptors (Lipinski definition) is 4. The molecule has 2 aromatic carbocycles. The van der Waals surface area contributed by atoms with Crippen LogP contribution in [0.5, 0.6) is 5.75 Å². The van der Waals surface area contributed by atoms with E-state index in [9.17, 15) is 8.78 Å². The number of allylic oxidation sites excluding steroid dienone is 1. The molecule has 1 aliphatic carbocycles. The molecule has 1 atom stereocenters. The van der Waals surface area contributed by atoms with Gasteiger partial charge in [0.25, 0.3) is 5.92 Å². The van der Waals surface area contributed by atoms with Gasteiger partial charge < -0.3 is 15.4 Å². The van der Waals surface area contributed by atoms with Gasteiger partial charge in [0.1, 0.15) is 5.75 Å². The Morgan fingerprint density at radius 3 is 2.59 bits per heavy atom. The van der Waals surface area contributed by atoms with Crippen LogP contribution in [0.2, 0.25) is 0 Å². The summed E-state index contributed by atoms with van der Waals surface area (Å²) in [6, 6.07) is 14.7. The molecule has 1 unspecified atom stereocenters. The Morgan fingerprint density at radius 2 is 1.91 bits per heavy atom. The minimum Gasteiger partial charge on any atom is -0.493 e. The summed E-state index contributed by atoms with van der Waals surface area (Å²) in [6.45, 7) is 11.4. The van der Waals surface area contributed by atoms with Crippen LogP contribution >= 0.6 is 0 Å². The Balaban J connectivity index is 1.26. The number of halogens is 2. The molecule has 0 bridgehead atoms. The molecule has 0 amide bonds. The van der Waals surface area contributed by atoms with Gasteiger partial charge in [-0.05, 0) is 40.8 Å². The number of hydrogen-bond donors (Lipinski definition) is 2. The number of benzene rings is 2. The van der Waals surface area contributed by atoms with E-state index in [1.54, 1.807) is 6.08 Å². The molecule has 6 heteroatoms. The van der Waals surface area contributed by atoms with Crippen molar-refractivity contribution in [2.24, 2.45) is 5.92 Å². The van der Waals surface area contributed by atoms with Crippen LogP contribution in [0.25, 0.3) is 0 Å².